The standard InChI is InChI=1S/C23H21NO2S/c25-21(26)23-13-24-12-19(23)22(20-11-14-5-1-4-8-18(14)27-20)10-9-17(23)15-6-2-3-7-16(15)22/h1-8,11,17,19,24H,9-10,12-13H2,(H,25,26). The van der Waals surface area contributed by atoms with Crippen LogP contribution in [0.25, 0.3) is 10.1 Å². The number of rotatable bonds is 2. The number of carboxylic acid groups (broad SMARTS) is 1. The first-order chi connectivity index (χ1) is 13.2. The second kappa shape index (κ2) is 5.21. The van der Waals surface area contributed by atoms with E-state index >= 15 is 0 Å². The van der Waals surface area contributed by atoms with Crippen molar-refractivity contribution in [2.45, 2.75) is 24.2 Å². The molecule has 1 aromatic heterocycles. The molecule has 7 rings (SSSR count). The van der Waals surface area contributed by atoms with E-state index in [-0.39, 0.29) is 17.3 Å². The molecule has 1 saturated carbocycles. The molecule has 0 radical (unpaired) electrons. The summed E-state index contributed by atoms with van der Waals surface area (Å²) in [5.74, 6) is -0.408. The van der Waals surface area contributed by atoms with Crippen molar-refractivity contribution in [3.63, 3.8) is 0 Å². The van der Waals surface area contributed by atoms with E-state index in [1.807, 2.05) is 11.3 Å². The summed E-state index contributed by atoms with van der Waals surface area (Å²) in [6.07, 6.45) is 2.00. The van der Waals surface area contributed by atoms with Gasteiger partial charge in [-0.05, 0) is 41.5 Å². The SMILES string of the molecule is O=C(O)C12CNCC1C1(c3cc4ccccc4s3)CCC2c2ccccc21. The molecule has 3 aliphatic carbocycles. The number of carbonyl (C=O) groups is 1. The number of benzene rings is 2. The molecule has 136 valence electrons. The Morgan fingerprint density at radius 1 is 1.15 bits per heavy atom. The van der Waals surface area contributed by atoms with Gasteiger partial charge in [0.2, 0.25) is 0 Å². The van der Waals surface area contributed by atoms with Gasteiger partial charge in [-0.1, -0.05) is 42.5 Å². The van der Waals surface area contributed by atoms with Gasteiger partial charge < -0.3 is 10.4 Å². The normalized spacial score (nSPS) is 33.8. The van der Waals surface area contributed by atoms with Crippen LogP contribution in [0.4, 0.5) is 0 Å². The molecule has 1 saturated heterocycles. The number of nitrogens with one attached hydrogen (secondary N) is 1. The molecule has 0 amide bonds. The zero-order chi connectivity index (χ0) is 18.2. The summed E-state index contributed by atoms with van der Waals surface area (Å²) in [6.45, 7) is 1.37. The van der Waals surface area contributed by atoms with Crippen molar-refractivity contribution in [3.8, 4) is 0 Å². The highest BCUT2D eigenvalue weighted by Gasteiger charge is 2.69. The molecule has 4 heteroatoms. The minimum absolute atomic E-state index is 0.101. The first kappa shape index (κ1) is 15.8. The first-order valence-electron chi connectivity index (χ1n) is 9.70. The van der Waals surface area contributed by atoms with E-state index in [0.29, 0.717) is 6.54 Å². The van der Waals surface area contributed by atoms with Gasteiger partial charge in [0.25, 0.3) is 0 Å². The second-order valence-corrected chi connectivity index (χ2v) is 9.41. The Morgan fingerprint density at radius 2 is 1.96 bits per heavy atom. The summed E-state index contributed by atoms with van der Waals surface area (Å²) in [7, 11) is 0. The number of thiophene rings is 1. The Bertz CT molecular complexity index is 1060. The highest BCUT2D eigenvalue weighted by atomic mass is 32.1. The third kappa shape index (κ3) is 1.74. The average Bonchev–Trinajstić information content (AvgIpc) is 3.34. The quantitative estimate of drug-likeness (QED) is 0.699. The van der Waals surface area contributed by atoms with Crippen molar-refractivity contribution < 1.29 is 9.90 Å². The van der Waals surface area contributed by atoms with Crippen molar-refractivity contribution in [2.24, 2.45) is 11.3 Å². The predicted molar refractivity (Wildman–Crippen MR) is 107 cm³/mol. The largest absolute Gasteiger partial charge is 0.481 e. The molecule has 4 unspecified atom stereocenters. The van der Waals surface area contributed by atoms with E-state index in [1.165, 1.54) is 26.1 Å². The van der Waals surface area contributed by atoms with Gasteiger partial charge in [0.15, 0.2) is 0 Å². The predicted octanol–water partition coefficient (Wildman–Crippen LogP) is 4.37. The summed E-state index contributed by atoms with van der Waals surface area (Å²) in [4.78, 5) is 14.0. The minimum atomic E-state index is -0.692. The number of hydrogen-bond acceptors (Lipinski definition) is 3. The molecule has 2 fully saturated rings. The molecular formula is C23H21NO2S. The lowest BCUT2D eigenvalue weighted by Crippen LogP contribution is -2.60. The van der Waals surface area contributed by atoms with Crippen LogP contribution in [0.5, 0.6) is 0 Å². The summed E-state index contributed by atoms with van der Waals surface area (Å²) >= 11 is 1.85. The molecular weight excluding hydrogens is 354 g/mol. The van der Waals surface area contributed by atoms with Gasteiger partial charge in [-0.15, -0.1) is 11.3 Å². The van der Waals surface area contributed by atoms with E-state index in [1.54, 1.807) is 0 Å². The van der Waals surface area contributed by atoms with Crippen LogP contribution in [0.2, 0.25) is 0 Å². The van der Waals surface area contributed by atoms with Gasteiger partial charge in [0, 0.05) is 39.9 Å². The Balaban J connectivity index is 1.70. The molecule has 0 spiro atoms. The van der Waals surface area contributed by atoms with Gasteiger partial charge in [0.05, 0.1) is 5.41 Å². The number of aliphatic carboxylic acids is 1. The lowest BCUT2D eigenvalue weighted by molar-refractivity contribution is -0.157. The molecule has 2 aromatic carbocycles. The smallest absolute Gasteiger partial charge is 0.311 e. The fourth-order valence-corrected chi connectivity index (χ4v) is 7.83. The Hall–Kier alpha value is -2.17. The summed E-state index contributed by atoms with van der Waals surface area (Å²) in [6, 6.07) is 19.5. The summed E-state index contributed by atoms with van der Waals surface area (Å²) < 4.78 is 1.29. The van der Waals surface area contributed by atoms with Crippen molar-refractivity contribution >= 4 is 27.4 Å². The van der Waals surface area contributed by atoms with Crippen molar-refractivity contribution in [1.82, 2.24) is 5.32 Å². The van der Waals surface area contributed by atoms with Crippen LogP contribution in [0.15, 0.2) is 54.6 Å². The highest BCUT2D eigenvalue weighted by molar-refractivity contribution is 7.19. The van der Waals surface area contributed by atoms with Crippen LogP contribution >= 0.6 is 11.3 Å². The van der Waals surface area contributed by atoms with Gasteiger partial charge >= 0.3 is 5.97 Å². The second-order valence-electron chi connectivity index (χ2n) is 8.33. The lowest BCUT2D eigenvalue weighted by Gasteiger charge is -2.59. The van der Waals surface area contributed by atoms with E-state index in [2.05, 4.69) is 59.9 Å². The molecule has 27 heavy (non-hydrogen) atoms. The van der Waals surface area contributed by atoms with Crippen LogP contribution in [0.3, 0.4) is 0 Å². The topological polar surface area (TPSA) is 49.3 Å². The number of hydrogen-bond donors (Lipinski definition) is 2. The lowest BCUT2D eigenvalue weighted by atomic mass is 9.43. The molecule has 2 N–H and O–H groups in total. The van der Waals surface area contributed by atoms with Gasteiger partial charge in [0.1, 0.15) is 0 Å². The van der Waals surface area contributed by atoms with Gasteiger partial charge in [-0.3, -0.25) is 4.79 Å². The zero-order valence-electron chi connectivity index (χ0n) is 14.9. The minimum Gasteiger partial charge on any atom is -0.481 e. The van der Waals surface area contributed by atoms with Gasteiger partial charge in [-0.25, -0.2) is 0 Å². The Labute approximate surface area is 162 Å². The maximum atomic E-state index is 12.7. The van der Waals surface area contributed by atoms with Crippen molar-refractivity contribution in [3.05, 3.63) is 70.6 Å². The fraction of sp³-hybridized carbons (Fsp3) is 0.348. The molecule has 2 bridgehead atoms. The first-order valence-corrected chi connectivity index (χ1v) is 10.5. The number of carboxylic acids is 1. The molecule has 1 aliphatic heterocycles. The van der Waals surface area contributed by atoms with E-state index in [9.17, 15) is 9.90 Å². The number of fused-ring (bicyclic) bond motifs is 2. The van der Waals surface area contributed by atoms with Crippen LogP contribution in [0.1, 0.15) is 34.8 Å². The van der Waals surface area contributed by atoms with E-state index < -0.39 is 11.4 Å². The Morgan fingerprint density at radius 3 is 2.81 bits per heavy atom. The molecule has 3 nitrogen and oxygen atoms in total. The third-order valence-corrected chi connectivity index (χ3v) is 8.81. The van der Waals surface area contributed by atoms with Crippen LogP contribution in [0, 0.1) is 11.3 Å². The van der Waals surface area contributed by atoms with Crippen LogP contribution in [-0.2, 0) is 10.2 Å². The van der Waals surface area contributed by atoms with Crippen molar-refractivity contribution in [2.75, 3.05) is 13.1 Å². The highest BCUT2D eigenvalue weighted by Crippen LogP contribution is 2.68. The maximum absolute atomic E-state index is 12.7. The maximum Gasteiger partial charge on any atom is 0.311 e. The average molecular weight is 375 g/mol. The fourth-order valence-electron chi connectivity index (χ4n) is 6.48. The van der Waals surface area contributed by atoms with Crippen LogP contribution in [-0.4, -0.2) is 24.2 Å². The molecule has 4 aliphatic rings. The van der Waals surface area contributed by atoms with Gasteiger partial charge in [-0.2, -0.15) is 0 Å². The van der Waals surface area contributed by atoms with Crippen molar-refractivity contribution in [1.29, 1.82) is 0 Å². The molecule has 3 aromatic rings. The van der Waals surface area contributed by atoms with E-state index in [4.69, 9.17) is 0 Å². The third-order valence-electron chi connectivity index (χ3n) is 7.51. The Kier molecular flexibility index (Phi) is 3.06. The zero-order valence-corrected chi connectivity index (χ0v) is 15.8. The summed E-state index contributed by atoms with van der Waals surface area (Å²) in [5, 5.41) is 15.2. The monoisotopic (exact) mass is 375 g/mol. The molecule has 2 heterocycles. The molecule has 4 atom stereocenters. The summed E-state index contributed by atoms with van der Waals surface area (Å²) in [5.41, 5.74) is 1.75. The van der Waals surface area contributed by atoms with Crippen LogP contribution < -0.4 is 5.32 Å². The van der Waals surface area contributed by atoms with E-state index in [0.717, 1.165) is 19.4 Å².